The molecule has 2 atom stereocenters. The average molecular weight is 430 g/mol. The number of para-hydroxylation sites is 3. The summed E-state index contributed by atoms with van der Waals surface area (Å²) in [6, 6.07) is 15.6. The highest BCUT2D eigenvalue weighted by atomic mass is 16.6. The van der Waals surface area contributed by atoms with Crippen molar-refractivity contribution >= 4 is 16.9 Å². The van der Waals surface area contributed by atoms with Crippen LogP contribution in [0, 0.1) is 0 Å². The SMILES string of the molecule is O=C(c1ccccc1-n1cnnc1)N1C[C@@H]2OCC(n3cnc4ccccc43)CO[C@H]2C1. The highest BCUT2D eigenvalue weighted by Crippen LogP contribution is 2.28. The van der Waals surface area contributed by atoms with E-state index in [-0.39, 0.29) is 24.2 Å². The quantitative estimate of drug-likeness (QED) is 0.495. The molecule has 32 heavy (non-hydrogen) atoms. The second-order valence-corrected chi connectivity index (χ2v) is 8.13. The van der Waals surface area contributed by atoms with E-state index in [1.54, 1.807) is 17.2 Å². The summed E-state index contributed by atoms with van der Waals surface area (Å²) >= 11 is 0. The number of nitrogens with zero attached hydrogens (tertiary/aromatic N) is 6. The van der Waals surface area contributed by atoms with Crippen LogP contribution >= 0.6 is 0 Å². The van der Waals surface area contributed by atoms with Crippen molar-refractivity contribution in [2.24, 2.45) is 0 Å². The number of amides is 1. The van der Waals surface area contributed by atoms with E-state index in [9.17, 15) is 4.79 Å². The van der Waals surface area contributed by atoms with Gasteiger partial charge in [0, 0.05) is 13.1 Å². The van der Waals surface area contributed by atoms with Crippen LogP contribution in [0.25, 0.3) is 16.7 Å². The summed E-state index contributed by atoms with van der Waals surface area (Å²) in [5.41, 5.74) is 3.38. The molecule has 162 valence electrons. The average Bonchev–Trinajstić information content (AvgIpc) is 3.57. The van der Waals surface area contributed by atoms with E-state index in [4.69, 9.17) is 9.47 Å². The monoisotopic (exact) mass is 430 g/mol. The molecule has 2 fully saturated rings. The Morgan fingerprint density at radius 3 is 2.34 bits per heavy atom. The number of ether oxygens (including phenoxy) is 2. The van der Waals surface area contributed by atoms with Crippen LogP contribution in [0.4, 0.5) is 0 Å². The van der Waals surface area contributed by atoms with E-state index in [0.29, 0.717) is 31.9 Å². The first kappa shape index (κ1) is 19.1. The van der Waals surface area contributed by atoms with Gasteiger partial charge in [0.05, 0.1) is 47.9 Å². The van der Waals surface area contributed by atoms with Gasteiger partial charge in [-0.1, -0.05) is 24.3 Å². The fourth-order valence-electron chi connectivity index (χ4n) is 4.55. The molecule has 0 radical (unpaired) electrons. The van der Waals surface area contributed by atoms with Gasteiger partial charge in [0.1, 0.15) is 24.9 Å². The number of carbonyl (C=O) groups excluding carboxylic acids is 1. The third-order valence-corrected chi connectivity index (χ3v) is 6.21. The van der Waals surface area contributed by atoms with E-state index >= 15 is 0 Å². The molecule has 0 saturated carbocycles. The Bertz CT molecular complexity index is 1240. The molecule has 2 aromatic heterocycles. The molecular weight excluding hydrogens is 408 g/mol. The third-order valence-electron chi connectivity index (χ3n) is 6.21. The van der Waals surface area contributed by atoms with Crippen LogP contribution in [0.5, 0.6) is 0 Å². The van der Waals surface area contributed by atoms with Crippen LogP contribution in [0.15, 0.2) is 67.5 Å². The smallest absolute Gasteiger partial charge is 0.256 e. The van der Waals surface area contributed by atoms with Gasteiger partial charge in [-0.3, -0.25) is 9.36 Å². The molecule has 1 amide bonds. The Kier molecular flexibility index (Phi) is 4.70. The van der Waals surface area contributed by atoms with Gasteiger partial charge in [0.2, 0.25) is 0 Å². The molecule has 9 nitrogen and oxygen atoms in total. The number of fused-ring (bicyclic) bond motifs is 2. The summed E-state index contributed by atoms with van der Waals surface area (Å²) in [5.74, 6) is -0.0493. The topological polar surface area (TPSA) is 87.3 Å². The van der Waals surface area contributed by atoms with Crippen molar-refractivity contribution in [1.29, 1.82) is 0 Å². The maximum absolute atomic E-state index is 13.3. The maximum atomic E-state index is 13.3. The number of aromatic nitrogens is 5. The summed E-state index contributed by atoms with van der Waals surface area (Å²) < 4.78 is 16.3. The lowest BCUT2D eigenvalue weighted by atomic mass is 10.1. The largest absolute Gasteiger partial charge is 0.371 e. The van der Waals surface area contributed by atoms with E-state index in [1.807, 2.05) is 53.7 Å². The molecule has 0 bridgehead atoms. The molecule has 4 aromatic rings. The van der Waals surface area contributed by atoms with Crippen molar-refractivity contribution in [2.45, 2.75) is 18.2 Å². The van der Waals surface area contributed by atoms with Crippen molar-refractivity contribution in [1.82, 2.24) is 29.2 Å². The minimum absolute atomic E-state index is 0.0478. The molecule has 0 N–H and O–H groups in total. The van der Waals surface area contributed by atoms with Gasteiger partial charge < -0.3 is 18.9 Å². The molecular formula is C23H22N6O3. The number of rotatable bonds is 3. The second-order valence-electron chi connectivity index (χ2n) is 8.13. The zero-order valence-electron chi connectivity index (χ0n) is 17.3. The van der Waals surface area contributed by atoms with Gasteiger partial charge in [0.15, 0.2) is 0 Å². The third kappa shape index (κ3) is 3.26. The number of hydrogen-bond acceptors (Lipinski definition) is 6. The van der Waals surface area contributed by atoms with Gasteiger partial charge >= 0.3 is 0 Å². The van der Waals surface area contributed by atoms with E-state index < -0.39 is 0 Å². The summed E-state index contributed by atoms with van der Waals surface area (Å²) in [4.78, 5) is 19.6. The van der Waals surface area contributed by atoms with Crippen LogP contribution < -0.4 is 0 Å². The minimum Gasteiger partial charge on any atom is -0.371 e. The van der Waals surface area contributed by atoms with Crippen LogP contribution in [-0.2, 0) is 9.47 Å². The molecule has 9 heteroatoms. The van der Waals surface area contributed by atoms with E-state index in [0.717, 1.165) is 16.7 Å². The maximum Gasteiger partial charge on any atom is 0.256 e. The predicted octanol–water partition coefficient (Wildman–Crippen LogP) is 2.10. The molecule has 2 aliphatic heterocycles. The fraction of sp³-hybridized carbons (Fsp3) is 0.304. The van der Waals surface area contributed by atoms with Crippen LogP contribution in [0.3, 0.4) is 0 Å². The van der Waals surface area contributed by atoms with Crippen LogP contribution in [0.2, 0.25) is 0 Å². The zero-order valence-corrected chi connectivity index (χ0v) is 17.3. The molecule has 6 rings (SSSR count). The van der Waals surface area contributed by atoms with Gasteiger partial charge in [-0.25, -0.2) is 4.98 Å². The normalized spacial score (nSPS) is 21.6. The molecule has 4 heterocycles. The van der Waals surface area contributed by atoms with Crippen molar-refractivity contribution in [2.75, 3.05) is 26.3 Å². The Morgan fingerprint density at radius 1 is 0.875 bits per heavy atom. The first-order valence-electron chi connectivity index (χ1n) is 10.7. The first-order chi connectivity index (χ1) is 15.8. The predicted molar refractivity (Wildman–Crippen MR) is 116 cm³/mol. The van der Waals surface area contributed by atoms with Gasteiger partial charge in [-0.05, 0) is 24.3 Å². The van der Waals surface area contributed by atoms with Crippen LogP contribution in [-0.4, -0.2) is 73.6 Å². The Labute approximate surface area is 184 Å². The number of hydrogen-bond donors (Lipinski definition) is 0. The first-order valence-corrected chi connectivity index (χ1v) is 10.7. The number of imidazole rings is 1. The second kappa shape index (κ2) is 7.85. The Morgan fingerprint density at radius 2 is 1.56 bits per heavy atom. The lowest BCUT2D eigenvalue weighted by Gasteiger charge is -2.21. The molecule has 0 aliphatic carbocycles. The fourth-order valence-corrected chi connectivity index (χ4v) is 4.55. The van der Waals surface area contributed by atoms with Crippen LogP contribution in [0.1, 0.15) is 16.4 Å². The molecule has 0 unspecified atom stereocenters. The van der Waals surface area contributed by atoms with Crippen molar-refractivity contribution in [3.63, 3.8) is 0 Å². The van der Waals surface area contributed by atoms with Crippen molar-refractivity contribution < 1.29 is 14.3 Å². The summed E-state index contributed by atoms with van der Waals surface area (Å²) in [6.45, 7) is 2.02. The molecule has 2 saturated heterocycles. The molecule has 2 aliphatic rings. The standard InChI is InChI=1S/C23H22N6O3/c30-23(17-5-1-3-7-19(17)28-14-25-26-15-28)27-9-21-22(10-27)32-12-16(11-31-21)29-13-24-18-6-2-4-8-20(18)29/h1-8,13-16,21-22H,9-12H2/t21-,22-/m0/s1. The number of likely N-dealkylation sites (tertiary alicyclic amines) is 1. The number of carbonyl (C=O) groups is 1. The van der Waals surface area contributed by atoms with Crippen molar-refractivity contribution in [3.8, 4) is 5.69 Å². The summed E-state index contributed by atoms with van der Waals surface area (Å²) in [5, 5.41) is 7.71. The van der Waals surface area contributed by atoms with E-state index in [1.165, 1.54) is 0 Å². The van der Waals surface area contributed by atoms with Gasteiger partial charge in [-0.15, -0.1) is 10.2 Å². The van der Waals surface area contributed by atoms with Gasteiger partial charge in [0.25, 0.3) is 5.91 Å². The lowest BCUT2D eigenvalue weighted by Crippen LogP contribution is -2.32. The molecule has 0 spiro atoms. The highest BCUT2D eigenvalue weighted by Gasteiger charge is 2.40. The molecule has 2 aromatic carbocycles. The summed E-state index contributed by atoms with van der Waals surface area (Å²) in [7, 11) is 0. The van der Waals surface area contributed by atoms with Gasteiger partial charge in [-0.2, -0.15) is 0 Å². The highest BCUT2D eigenvalue weighted by molar-refractivity contribution is 5.98. The van der Waals surface area contributed by atoms with E-state index in [2.05, 4.69) is 25.8 Å². The lowest BCUT2D eigenvalue weighted by molar-refractivity contribution is -0.00461. The Balaban J connectivity index is 1.18. The van der Waals surface area contributed by atoms with Crippen molar-refractivity contribution in [3.05, 3.63) is 73.1 Å². The Hall–Kier alpha value is -3.56. The summed E-state index contributed by atoms with van der Waals surface area (Å²) in [6.07, 6.45) is 4.72. The number of benzene rings is 2. The minimum atomic E-state index is -0.152. The zero-order chi connectivity index (χ0) is 21.5.